The molecule has 0 aliphatic rings. The Balaban J connectivity index is 2.68. The third kappa shape index (κ3) is 1.12. The molecule has 0 amide bonds. The van der Waals surface area contributed by atoms with E-state index in [2.05, 4.69) is 10.1 Å². The van der Waals surface area contributed by atoms with E-state index < -0.39 is 10.8 Å². The summed E-state index contributed by atoms with van der Waals surface area (Å²) in [5.41, 5.74) is 0.725. The average Bonchev–Trinajstić information content (AvgIpc) is 2.49. The van der Waals surface area contributed by atoms with E-state index in [-0.39, 0.29) is 0 Å². The van der Waals surface area contributed by atoms with Gasteiger partial charge in [0.1, 0.15) is 6.33 Å². The molecule has 2 heterocycles. The molecule has 1 unspecified atom stereocenters. The van der Waals surface area contributed by atoms with Crippen LogP contribution in [0.3, 0.4) is 0 Å². The molecule has 0 aliphatic carbocycles. The van der Waals surface area contributed by atoms with Gasteiger partial charge in [0.05, 0.1) is 0 Å². The zero-order valence-corrected chi connectivity index (χ0v) is 7.28. The van der Waals surface area contributed by atoms with Crippen molar-refractivity contribution < 1.29 is 4.21 Å². The molecule has 0 bridgehead atoms. The lowest BCUT2D eigenvalue weighted by Gasteiger charge is -1.95. The third-order valence-electron chi connectivity index (χ3n) is 1.58. The summed E-state index contributed by atoms with van der Waals surface area (Å²) in [7, 11) is -0.950. The van der Waals surface area contributed by atoms with Gasteiger partial charge in [0.25, 0.3) is 0 Å². The van der Waals surface area contributed by atoms with Gasteiger partial charge in [-0.3, -0.25) is 4.21 Å². The van der Waals surface area contributed by atoms with Crippen LogP contribution in [0.1, 0.15) is 0 Å². The SMILES string of the molecule is CS(=O)c1ccn2ncnc2c1. The minimum atomic E-state index is -0.950. The number of rotatable bonds is 1. The Morgan fingerprint density at radius 1 is 1.58 bits per heavy atom. The van der Waals surface area contributed by atoms with Crippen molar-refractivity contribution in [1.82, 2.24) is 14.6 Å². The van der Waals surface area contributed by atoms with Crippen LogP contribution in [0, 0.1) is 0 Å². The van der Waals surface area contributed by atoms with Gasteiger partial charge in [-0.05, 0) is 12.1 Å². The second kappa shape index (κ2) is 2.67. The molecule has 0 saturated heterocycles. The first-order valence-electron chi connectivity index (χ1n) is 3.40. The normalized spacial score (nSPS) is 13.4. The summed E-state index contributed by atoms with van der Waals surface area (Å²) in [6, 6.07) is 3.54. The minimum absolute atomic E-state index is 0.725. The molecule has 0 aromatic carbocycles. The summed E-state index contributed by atoms with van der Waals surface area (Å²) < 4.78 is 12.7. The fraction of sp³-hybridized carbons (Fsp3) is 0.143. The van der Waals surface area contributed by atoms with E-state index in [0.29, 0.717) is 0 Å². The van der Waals surface area contributed by atoms with E-state index in [1.54, 1.807) is 29.1 Å². The Labute approximate surface area is 71.7 Å². The number of nitrogens with zero attached hydrogens (tertiary/aromatic N) is 3. The lowest BCUT2D eigenvalue weighted by molar-refractivity contribution is 0.686. The van der Waals surface area contributed by atoms with Crippen molar-refractivity contribution in [3.8, 4) is 0 Å². The fourth-order valence-electron chi connectivity index (χ4n) is 0.975. The first-order valence-corrected chi connectivity index (χ1v) is 4.96. The quantitative estimate of drug-likeness (QED) is 0.642. The molecule has 2 aromatic heterocycles. The van der Waals surface area contributed by atoms with Crippen LogP contribution >= 0.6 is 0 Å². The van der Waals surface area contributed by atoms with Crippen molar-refractivity contribution in [1.29, 1.82) is 0 Å². The zero-order chi connectivity index (χ0) is 8.55. The highest BCUT2D eigenvalue weighted by molar-refractivity contribution is 7.84. The number of fused-ring (bicyclic) bond motifs is 1. The smallest absolute Gasteiger partial charge is 0.156 e. The Hall–Kier alpha value is -1.23. The molecule has 0 spiro atoms. The molecular weight excluding hydrogens is 174 g/mol. The Morgan fingerprint density at radius 2 is 2.42 bits per heavy atom. The van der Waals surface area contributed by atoms with Crippen LogP contribution in [-0.2, 0) is 10.8 Å². The summed E-state index contributed by atoms with van der Waals surface area (Å²) in [4.78, 5) is 4.75. The highest BCUT2D eigenvalue weighted by atomic mass is 32.2. The van der Waals surface area contributed by atoms with Crippen LogP contribution in [0.25, 0.3) is 5.65 Å². The van der Waals surface area contributed by atoms with Crippen LogP contribution < -0.4 is 0 Å². The molecule has 5 heteroatoms. The van der Waals surface area contributed by atoms with Gasteiger partial charge >= 0.3 is 0 Å². The van der Waals surface area contributed by atoms with Crippen LogP contribution in [0.4, 0.5) is 0 Å². The molecule has 2 rings (SSSR count). The second-order valence-electron chi connectivity index (χ2n) is 2.38. The van der Waals surface area contributed by atoms with Gasteiger partial charge in [-0.1, -0.05) is 0 Å². The van der Waals surface area contributed by atoms with Crippen molar-refractivity contribution in [2.24, 2.45) is 0 Å². The maximum Gasteiger partial charge on any atom is 0.156 e. The largest absolute Gasteiger partial charge is 0.255 e. The van der Waals surface area contributed by atoms with Crippen LogP contribution in [0.5, 0.6) is 0 Å². The topological polar surface area (TPSA) is 47.3 Å². The van der Waals surface area contributed by atoms with Crippen molar-refractivity contribution in [2.75, 3.05) is 6.26 Å². The molecule has 4 nitrogen and oxygen atoms in total. The number of aromatic nitrogens is 3. The summed E-state index contributed by atoms with van der Waals surface area (Å²) >= 11 is 0. The van der Waals surface area contributed by atoms with Gasteiger partial charge in [0, 0.05) is 28.1 Å². The molecule has 62 valence electrons. The first-order chi connectivity index (χ1) is 5.77. The summed E-state index contributed by atoms with van der Waals surface area (Å²) in [5.74, 6) is 0. The highest BCUT2D eigenvalue weighted by Crippen LogP contribution is 2.06. The van der Waals surface area contributed by atoms with Gasteiger partial charge in [-0.2, -0.15) is 5.10 Å². The molecular formula is C7H7N3OS. The number of pyridine rings is 1. The van der Waals surface area contributed by atoms with Gasteiger partial charge in [0.2, 0.25) is 0 Å². The fourth-order valence-corrected chi connectivity index (χ4v) is 1.50. The molecule has 12 heavy (non-hydrogen) atoms. The molecule has 0 N–H and O–H groups in total. The number of hydrogen-bond acceptors (Lipinski definition) is 3. The van der Waals surface area contributed by atoms with Crippen molar-refractivity contribution in [3.05, 3.63) is 24.7 Å². The second-order valence-corrected chi connectivity index (χ2v) is 3.76. The molecule has 2 aromatic rings. The average molecular weight is 181 g/mol. The van der Waals surface area contributed by atoms with E-state index in [9.17, 15) is 4.21 Å². The van der Waals surface area contributed by atoms with E-state index in [4.69, 9.17) is 0 Å². The van der Waals surface area contributed by atoms with Gasteiger partial charge in [0.15, 0.2) is 5.65 Å². The Morgan fingerprint density at radius 3 is 3.17 bits per heavy atom. The molecule has 1 atom stereocenters. The zero-order valence-electron chi connectivity index (χ0n) is 6.47. The Bertz CT molecular complexity index is 437. The van der Waals surface area contributed by atoms with Crippen molar-refractivity contribution in [3.63, 3.8) is 0 Å². The molecule has 0 saturated carbocycles. The Kier molecular flexibility index (Phi) is 1.65. The molecule has 0 aliphatic heterocycles. The van der Waals surface area contributed by atoms with E-state index in [1.807, 2.05) is 0 Å². The summed E-state index contributed by atoms with van der Waals surface area (Å²) in [6.07, 6.45) is 4.86. The summed E-state index contributed by atoms with van der Waals surface area (Å²) in [6.45, 7) is 0. The van der Waals surface area contributed by atoms with Gasteiger partial charge < -0.3 is 0 Å². The minimum Gasteiger partial charge on any atom is -0.255 e. The summed E-state index contributed by atoms with van der Waals surface area (Å²) in [5, 5.41) is 3.93. The predicted octanol–water partition coefficient (Wildman–Crippen LogP) is 0.467. The van der Waals surface area contributed by atoms with Gasteiger partial charge in [-0.15, -0.1) is 0 Å². The lowest BCUT2D eigenvalue weighted by Crippen LogP contribution is -1.91. The first kappa shape index (κ1) is 7.42. The van der Waals surface area contributed by atoms with E-state index in [0.717, 1.165) is 10.5 Å². The van der Waals surface area contributed by atoms with Crippen LogP contribution in [-0.4, -0.2) is 25.1 Å². The van der Waals surface area contributed by atoms with Crippen molar-refractivity contribution >= 4 is 16.4 Å². The standard InChI is InChI=1S/C7H7N3OS/c1-12(11)6-2-3-10-7(4-6)8-5-9-10/h2-5H,1H3. The molecule has 0 radical (unpaired) electrons. The monoisotopic (exact) mass is 181 g/mol. The maximum atomic E-state index is 11.1. The number of hydrogen-bond donors (Lipinski definition) is 0. The maximum absolute atomic E-state index is 11.1. The predicted molar refractivity (Wildman–Crippen MR) is 45.3 cm³/mol. The van der Waals surface area contributed by atoms with Crippen LogP contribution in [0.15, 0.2) is 29.6 Å². The highest BCUT2D eigenvalue weighted by Gasteiger charge is 1.99. The van der Waals surface area contributed by atoms with E-state index >= 15 is 0 Å². The molecule has 0 fully saturated rings. The van der Waals surface area contributed by atoms with Crippen LogP contribution in [0.2, 0.25) is 0 Å². The third-order valence-corrected chi connectivity index (χ3v) is 2.50. The van der Waals surface area contributed by atoms with Gasteiger partial charge in [-0.25, -0.2) is 9.50 Å². The van der Waals surface area contributed by atoms with E-state index in [1.165, 1.54) is 6.33 Å². The van der Waals surface area contributed by atoms with Crippen molar-refractivity contribution in [2.45, 2.75) is 4.90 Å². The lowest BCUT2D eigenvalue weighted by atomic mass is 10.5.